The minimum atomic E-state index is -0.476. The zero-order valence-corrected chi connectivity index (χ0v) is 11.4. The molecule has 0 bridgehead atoms. The van der Waals surface area contributed by atoms with Gasteiger partial charge >= 0.3 is 0 Å². The highest BCUT2D eigenvalue weighted by molar-refractivity contribution is 5.94. The van der Waals surface area contributed by atoms with E-state index in [1.54, 1.807) is 31.2 Å². The molecule has 0 unspecified atom stereocenters. The second-order valence-electron chi connectivity index (χ2n) is 4.49. The number of aromatic nitrogens is 1. The molecule has 0 saturated carbocycles. The molecule has 108 valence electrons. The first kappa shape index (κ1) is 14.4. The van der Waals surface area contributed by atoms with Crippen LogP contribution in [-0.2, 0) is 6.54 Å². The quantitative estimate of drug-likeness (QED) is 0.657. The fourth-order valence-corrected chi connectivity index (χ4v) is 1.94. The number of hydrogen-bond donors (Lipinski definition) is 2. The maximum atomic E-state index is 12.0. The number of hydrogen-bond acceptors (Lipinski definition) is 5. The largest absolute Gasteiger partial charge is 0.384 e. The topological polar surface area (TPSA) is 111 Å². The van der Waals surface area contributed by atoms with Crippen LogP contribution in [0.1, 0.15) is 21.6 Å². The van der Waals surface area contributed by atoms with Crippen molar-refractivity contribution >= 4 is 17.4 Å². The Bertz CT molecular complexity index is 680. The van der Waals surface area contributed by atoms with E-state index in [2.05, 4.69) is 10.3 Å². The van der Waals surface area contributed by atoms with Crippen LogP contribution in [0.15, 0.2) is 36.4 Å². The minimum absolute atomic E-state index is 0.0248. The molecule has 0 aliphatic rings. The van der Waals surface area contributed by atoms with Crippen LogP contribution in [0.2, 0.25) is 0 Å². The third kappa shape index (κ3) is 3.53. The fourth-order valence-electron chi connectivity index (χ4n) is 1.94. The molecule has 0 saturated heterocycles. The molecule has 0 atom stereocenters. The van der Waals surface area contributed by atoms with Crippen LogP contribution in [0.3, 0.4) is 0 Å². The Labute approximate surface area is 121 Å². The highest BCUT2D eigenvalue weighted by atomic mass is 16.6. The number of amides is 1. The van der Waals surface area contributed by atoms with E-state index in [0.29, 0.717) is 16.8 Å². The van der Waals surface area contributed by atoms with Gasteiger partial charge in [0, 0.05) is 29.4 Å². The van der Waals surface area contributed by atoms with E-state index in [9.17, 15) is 14.9 Å². The second-order valence-corrected chi connectivity index (χ2v) is 4.49. The van der Waals surface area contributed by atoms with Crippen LogP contribution in [0.4, 0.5) is 11.5 Å². The van der Waals surface area contributed by atoms with E-state index in [4.69, 9.17) is 5.73 Å². The molecule has 0 aliphatic carbocycles. The van der Waals surface area contributed by atoms with Gasteiger partial charge in [-0.1, -0.05) is 18.2 Å². The average molecular weight is 286 g/mol. The molecular weight excluding hydrogens is 272 g/mol. The van der Waals surface area contributed by atoms with E-state index < -0.39 is 4.92 Å². The molecule has 0 aliphatic heterocycles. The lowest BCUT2D eigenvalue weighted by Gasteiger charge is -2.07. The van der Waals surface area contributed by atoms with Crippen LogP contribution < -0.4 is 11.1 Å². The SMILES string of the molecule is Cc1cc(C(=O)NCc2ccccc2[N+](=O)[O-])cc(N)n1. The zero-order chi connectivity index (χ0) is 15.4. The number of nitrogens with one attached hydrogen (secondary N) is 1. The highest BCUT2D eigenvalue weighted by Crippen LogP contribution is 2.17. The Morgan fingerprint density at radius 1 is 1.38 bits per heavy atom. The number of para-hydroxylation sites is 1. The van der Waals surface area contributed by atoms with Crippen molar-refractivity contribution in [2.75, 3.05) is 5.73 Å². The predicted octanol–water partition coefficient (Wildman–Crippen LogP) is 1.81. The molecule has 1 heterocycles. The number of benzene rings is 1. The molecule has 0 radical (unpaired) electrons. The van der Waals surface area contributed by atoms with Gasteiger partial charge in [0.05, 0.1) is 4.92 Å². The van der Waals surface area contributed by atoms with Gasteiger partial charge in [-0.3, -0.25) is 14.9 Å². The van der Waals surface area contributed by atoms with Gasteiger partial charge in [-0.15, -0.1) is 0 Å². The van der Waals surface area contributed by atoms with Gasteiger partial charge in [0.25, 0.3) is 11.6 Å². The third-order valence-corrected chi connectivity index (χ3v) is 2.86. The summed E-state index contributed by atoms with van der Waals surface area (Å²) in [5.41, 5.74) is 7.01. The smallest absolute Gasteiger partial charge is 0.274 e. The number of anilines is 1. The summed E-state index contributed by atoms with van der Waals surface area (Å²) in [6.45, 7) is 1.80. The van der Waals surface area contributed by atoms with Crippen LogP contribution in [0.25, 0.3) is 0 Å². The Morgan fingerprint density at radius 3 is 2.76 bits per heavy atom. The molecule has 21 heavy (non-hydrogen) atoms. The van der Waals surface area contributed by atoms with Gasteiger partial charge in [-0.25, -0.2) is 4.98 Å². The number of carbonyl (C=O) groups is 1. The number of carbonyl (C=O) groups excluding carboxylic acids is 1. The minimum Gasteiger partial charge on any atom is -0.384 e. The number of nitrogens with two attached hydrogens (primary N) is 1. The van der Waals surface area contributed by atoms with E-state index in [1.165, 1.54) is 12.1 Å². The third-order valence-electron chi connectivity index (χ3n) is 2.86. The number of nitro benzene ring substituents is 1. The molecule has 2 aromatic rings. The summed E-state index contributed by atoms with van der Waals surface area (Å²) in [6, 6.07) is 9.33. The first-order valence-corrected chi connectivity index (χ1v) is 6.22. The van der Waals surface area contributed by atoms with E-state index >= 15 is 0 Å². The Hall–Kier alpha value is -2.96. The first-order chi connectivity index (χ1) is 9.97. The van der Waals surface area contributed by atoms with Crippen molar-refractivity contribution in [1.29, 1.82) is 0 Å². The van der Waals surface area contributed by atoms with Gasteiger partial charge in [-0.2, -0.15) is 0 Å². The van der Waals surface area contributed by atoms with Crippen molar-refractivity contribution in [3.8, 4) is 0 Å². The molecule has 2 rings (SSSR count). The van der Waals surface area contributed by atoms with Gasteiger partial charge in [0.15, 0.2) is 0 Å². The normalized spacial score (nSPS) is 10.1. The predicted molar refractivity (Wildman–Crippen MR) is 77.7 cm³/mol. The standard InChI is InChI=1S/C14H14N4O3/c1-9-6-11(7-13(15)17-9)14(19)16-8-10-4-2-3-5-12(10)18(20)21/h2-7H,8H2,1H3,(H2,15,17)(H,16,19). The molecule has 1 aromatic heterocycles. The summed E-state index contributed by atoms with van der Waals surface area (Å²) >= 11 is 0. The zero-order valence-electron chi connectivity index (χ0n) is 11.4. The summed E-state index contributed by atoms with van der Waals surface area (Å²) in [4.78, 5) is 26.4. The van der Waals surface area contributed by atoms with Crippen molar-refractivity contribution in [2.45, 2.75) is 13.5 Å². The summed E-state index contributed by atoms with van der Waals surface area (Å²) < 4.78 is 0. The second kappa shape index (κ2) is 6.00. The van der Waals surface area contributed by atoms with Gasteiger partial charge in [0.1, 0.15) is 5.82 Å². The van der Waals surface area contributed by atoms with Crippen LogP contribution in [0, 0.1) is 17.0 Å². The molecule has 7 heteroatoms. The molecule has 0 spiro atoms. The summed E-state index contributed by atoms with van der Waals surface area (Å²) in [7, 11) is 0. The molecule has 3 N–H and O–H groups in total. The highest BCUT2D eigenvalue weighted by Gasteiger charge is 2.14. The molecular formula is C14H14N4O3. The molecule has 1 amide bonds. The van der Waals surface area contributed by atoms with E-state index in [1.807, 2.05) is 0 Å². The number of nitro groups is 1. The van der Waals surface area contributed by atoms with Crippen molar-refractivity contribution < 1.29 is 9.72 Å². The summed E-state index contributed by atoms with van der Waals surface area (Å²) in [6.07, 6.45) is 0. The number of aryl methyl sites for hydroxylation is 1. The average Bonchev–Trinajstić information content (AvgIpc) is 2.43. The van der Waals surface area contributed by atoms with Crippen LogP contribution in [-0.4, -0.2) is 15.8 Å². The summed E-state index contributed by atoms with van der Waals surface area (Å²) in [5, 5.41) is 13.5. The van der Waals surface area contributed by atoms with Crippen molar-refractivity contribution in [2.24, 2.45) is 0 Å². The molecule has 0 fully saturated rings. The fraction of sp³-hybridized carbons (Fsp3) is 0.143. The van der Waals surface area contributed by atoms with Crippen LogP contribution >= 0.6 is 0 Å². The molecule has 1 aromatic carbocycles. The number of nitrogens with zero attached hydrogens (tertiary/aromatic N) is 2. The van der Waals surface area contributed by atoms with Crippen molar-refractivity contribution in [3.05, 3.63) is 63.3 Å². The van der Waals surface area contributed by atoms with Crippen LogP contribution in [0.5, 0.6) is 0 Å². The van der Waals surface area contributed by atoms with E-state index in [-0.39, 0.29) is 24.0 Å². The maximum Gasteiger partial charge on any atom is 0.274 e. The lowest BCUT2D eigenvalue weighted by atomic mass is 10.1. The Morgan fingerprint density at radius 2 is 2.10 bits per heavy atom. The van der Waals surface area contributed by atoms with Crippen molar-refractivity contribution in [3.63, 3.8) is 0 Å². The lowest BCUT2D eigenvalue weighted by Crippen LogP contribution is -2.23. The lowest BCUT2D eigenvalue weighted by molar-refractivity contribution is -0.385. The van der Waals surface area contributed by atoms with Gasteiger partial charge < -0.3 is 11.1 Å². The monoisotopic (exact) mass is 286 g/mol. The van der Waals surface area contributed by atoms with E-state index in [0.717, 1.165) is 0 Å². The molecule has 7 nitrogen and oxygen atoms in total. The van der Waals surface area contributed by atoms with Gasteiger partial charge in [-0.05, 0) is 19.1 Å². The number of rotatable bonds is 4. The van der Waals surface area contributed by atoms with Gasteiger partial charge in [0.2, 0.25) is 0 Å². The number of nitrogen functional groups attached to an aromatic ring is 1. The van der Waals surface area contributed by atoms with Crippen molar-refractivity contribution in [1.82, 2.24) is 10.3 Å². The summed E-state index contributed by atoms with van der Waals surface area (Å²) in [5.74, 6) is -0.101. The Kier molecular flexibility index (Phi) is 4.13. The maximum absolute atomic E-state index is 12.0. The Balaban J connectivity index is 2.13. The first-order valence-electron chi connectivity index (χ1n) is 6.22. The number of pyridine rings is 1.